The second kappa shape index (κ2) is 13.8. The van der Waals surface area contributed by atoms with Gasteiger partial charge in [0.2, 0.25) is 5.91 Å². The molecule has 0 aliphatic heterocycles. The maximum atomic E-state index is 15.3. The molecular weight excluding hydrogens is 650 g/mol. The second-order valence-electron chi connectivity index (χ2n) is 9.04. The van der Waals surface area contributed by atoms with Crippen molar-refractivity contribution in [1.82, 2.24) is 10.6 Å². The first kappa shape index (κ1) is 35.6. The molecule has 2 atom stereocenters. The molecule has 0 aliphatic carbocycles. The van der Waals surface area contributed by atoms with Crippen molar-refractivity contribution in [2.75, 3.05) is 0 Å². The molecule has 0 fully saturated rings. The van der Waals surface area contributed by atoms with Gasteiger partial charge in [-0.05, 0) is 42.8 Å². The van der Waals surface area contributed by atoms with Gasteiger partial charge in [0.25, 0.3) is 11.8 Å². The number of hydrogen-bond acceptors (Lipinski definition) is 2. The first-order valence-electron chi connectivity index (χ1n) is 11.9. The lowest BCUT2D eigenvalue weighted by atomic mass is 9.89. The Labute approximate surface area is 249 Å². The van der Waals surface area contributed by atoms with E-state index in [1.165, 1.54) is 0 Å². The Kier molecular flexibility index (Phi) is 11.7. The minimum absolute atomic E-state index is 0.149. The number of carbonyl (C=O) groups is 2. The van der Waals surface area contributed by atoms with Crippen LogP contribution >= 0.6 is 34.8 Å². The summed E-state index contributed by atoms with van der Waals surface area (Å²) in [4.78, 5) is 24.2. The zero-order valence-electron chi connectivity index (χ0n) is 21.6. The third kappa shape index (κ3) is 9.70. The van der Waals surface area contributed by atoms with Gasteiger partial charge in [-0.2, -0.15) is 26.3 Å². The number of benzene rings is 2. The van der Waals surface area contributed by atoms with Crippen LogP contribution in [0.5, 0.6) is 0 Å². The molecule has 0 spiro atoms. The summed E-state index contributed by atoms with van der Waals surface area (Å²) in [6, 6.07) is 3.60. The molecule has 2 N–H and O–H groups in total. The van der Waals surface area contributed by atoms with Gasteiger partial charge in [-0.25, -0.2) is 13.2 Å². The lowest BCUT2D eigenvalue weighted by molar-refractivity contribution is -0.144. The Hall–Kier alpha value is -2.64. The quantitative estimate of drug-likeness (QED) is 0.150. The topological polar surface area (TPSA) is 58.2 Å². The summed E-state index contributed by atoms with van der Waals surface area (Å²) in [5.41, 5.74) is -3.74. The smallest absolute Gasteiger partial charge is 0.336 e. The van der Waals surface area contributed by atoms with E-state index in [-0.39, 0.29) is 26.7 Å². The van der Waals surface area contributed by atoms with Crippen molar-refractivity contribution in [2.24, 2.45) is 0 Å². The zero-order valence-corrected chi connectivity index (χ0v) is 23.9. The van der Waals surface area contributed by atoms with Gasteiger partial charge in [-0.3, -0.25) is 9.59 Å². The fourth-order valence-corrected chi connectivity index (χ4v) is 4.30. The third-order valence-corrected chi connectivity index (χ3v) is 7.01. The normalized spacial score (nSPS) is 14.4. The molecule has 16 heteroatoms. The highest BCUT2D eigenvalue weighted by Gasteiger charge is 2.39. The van der Waals surface area contributed by atoms with Gasteiger partial charge in [0.15, 0.2) is 0 Å². The van der Waals surface area contributed by atoms with Crippen LogP contribution < -0.4 is 10.6 Å². The standard InChI is InChI=1S/C26H22Cl3F9N2O2/c1-3-24(31,32)16(14-9-18(27)22(29)19(28)10-14)11-20(30)13-4-5-15(17(8-13)26(36,37)38)23(42)40-12(2)39-21(41)6-7-25(33,34)35/h4-5,8-12,16H,3,6-7H2,1-2H3,(H,39,41)(H,40,42)/b20-11-/t12-,16?/m1/s1. The highest BCUT2D eigenvalue weighted by Crippen LogP contribution is 2.43. The number of allylic oxidation sites excluding steroid dienone is 1. The summed E-state index contributed by atoms with van der Waals surface area (Å²) in [6.45, 7) is 2.20. The summed E-state index contributed by atoms with van der Waals surface area (Å²) in [5.74, 6) is -9.65. The van der Waals surface area contributed by atoms with Crippen molar-refractivity contribution in [2.45, 2.75) is 63.5 Å². The van der Waals surface area contributed by atoms with Gasteiger partial charge in [-0.1, -0.05) is 47.8 Å². The molecule has 1 unspecified atom stereocenters. The zero-order chi connectivity index (χ0) is 32.2. The minimum Gasteiger partial charge on any atom is -0.336 e. The number of amides is 2. The summed E-state index contributed by atoms with van der Waals surface area (Å²) in [6.07, 6.45) is -14.1. The molecule has 232 valence electrons. The predicted molar refractivity (Wildman–Crippen MR) is 140 cm³/mol. The van der Waals surface area contributed by atoms with Gasteiger partial charge in [0, 0.05) is 18.4 Å². The van der Waals surface area contributed by atoms with E-state index in [1.54, 1.807) is 0 Å². The summed E-state index contributed by atoms with van der Waals surface area (Å²) in [7, 11) is 0. The molecule has 0 aliphatic rings. The van der Waals surface area contributed by atoms with Crippen molar-refractivity contribution >= 4 is 52.4 Å². The van der Waals surface area contributed by atoms with E-state index >= 15 is 4.39 Å². The number of nitrogens with one attached hydrogen (secondary N) is 2. The molecule has 0 saturated heterocycles. The lowest BCUT2D eigenvalue weighted by Crippen LogP contribution is -2.46. The SMILES string of the molecule is CCC(F)(F)C(/C=C(\F)c1ccc(C(=O)N[C@H](C)NC(=O)CCC(F)(F)F)c(C(F)(F)F)c1)c1cc(Cl)c(Cl)c(Cl)c1. The molecule has 2 amide bonds. The molecular formula is C26H22Cl3F9N2O2. The Morgan fingerprint density at radius 1 is 0.929 bits per heavy atom. The van der Waals surface area contributed by atoms with E-state index in [0.29, 0.717) is 12.1 Å². The highest BCUT2D eigenvalue weighted by molar-refractivity contribution is 6.48. The molecule has 4 nitrogen and oxygen atoms in total. The first-order valence-corrected chi connectivity index (χ1v) is 13.1. The van der Waals surface area contributed by atoms with Crippen LogP contribution in [0.25, 0.3) is 5.83 Å². The second-order valence-corrected chi connectivity index (χ2v) is 10.2. The van der Waals surface area contributed by atoms with E-state index in [0.717, 1.165) is 32.0 Å². The third-order valence-electron chi connectivity index (χ3n) is 5.81. The van der Waals surface area contributed by atoms with Crippen LogP contribution in [0.15, 0.2) is 36.4 Å². The maximum absolute atomic E-state index is 15.3. The Morgan fingerprint density at radius 3 is 2.00 bits per heavy atom. The van der Waals surface area contributed by atoms with Crippen LogP contribution in [0.2, 0.25) is 15.1 Å². The van der Waals surface area contributed by atoms with Crippen molar-refractivity contribution in [3.8, 4) is 0 Å². The van der Waals surface area contributed by atoms with Crippen molar-refractivity contribution in [3.63, 3.8) is 0 Å². The maximum Gasteiger partial charge on any atom is 0.417 e. The van der Waals surface area contributed by atoms with E-state index in [4.69, 9.17) is 34.8 Å². The molecule has 0 radical (unpaired) electrons. The van der Waals surface area contributed by atoms with Crippen LogP contribution in [0.1, 0.15) is 66.1 Å². The molecule has 0 aromatic heterocycles. The Balaban J connectivity index is 2.42. The fourth-order valence-electron chi connectivity index (χ4n) is 3.68. The summed E-state index contributed by atoms with van der Waals surface area (Å²) >= 11 is 17.7. The average molecular weight is 672 g/mol. The largest absolute Gasteiger partial charge is 0.417 e. The highest BCUT2D eigenvalue weighted by atomic mass is 35.5. The van der Waals surface area contributed by atoms with Gasteiger partial charge >= 0.3 is 12.4 Å². The Bertz CT molecular complexity index is 1320. The first-order chi connectivity index (χ1) is 19.2. The monoisotopic (exact) mass is 670 g/mol. The molecule has 0 bridgehead atoms. The van der Waals surface area contributed by atoms with E-state index in [2.05, 4.69) is 0 Å². The molecule has 0 saturated carbocycles. The van der Waals surface area contributed by atoms with Crippen molar-refractivity contribution in [1.29, 1.82) is 0 Å². The van der Waals surface area contributed by atoms with Crippen LogP contribution in [0.4, 0.5) is 39.5 Å². The van der Waals surface area contributed by atoms with Crippen molar-refractivity contribution < 1.29 is 49.1 Å². The van der Waals surface area contributed by atoms with Crippen LogP contribution in [0, 0.1) is 0 Å². The molecule has 2 aromatic rings. The van der Waals surface area contributed by atoms with E-state index in [9.17, 15) is 44.7 Å². The fraction of sp³-hybridized carbons (Fsp3) is 0.385. The Morgan fingerprint density at radius 2 is 1.50 bits per heavy atom. The van der Waals surface area contributed by atoms with Gasteiger partial charge in [0.1, 0.15) is 5.83 Å². The number of carbonyl (C=O) groups excluding carboxylic acids is 2. The van der Waals surface area contributed by atoms with Gasteiger partial charge < -0.3 is 10.6 Å². The number of halogens is 12. The van der Waals surface area contributed by atoms with E-state index < -0.39 is 84.0 Å². The van der Waals surface area contributed by atoms with Gasteiger partial charge in [0.05, 0.1) is 44.7 Å². The number of hydrogen-bond donors (Lipinski definition) is 2. The van der Waals surface area contributed by atoms with Gasteiger partial charge in [-0.15, -0.1) is 0 Å². The summed E-state index contributed by atoms with van der Waals surface area (Å²) < 4.78 is 123. The van der Waals surface area contributed by atoms with Crippen LogP contribution in [-0.4, -0.2) is 30.1 Å². The van der Waals surface area contributed by atoms with Crippen LogP contribution in [-0.2, 0) is 11.0 Å². The minimum atomic E-state index is -5.23. The average Bonchev–Trinajstić information content (AvgIpc) is 2.87. The number of rotatable bonds is 10. The van der Waals surface area contributed by atoms with E-state index in [1.807, 2.05) is 10.6 Å². The predicted octanol–water partition coefficient (Wildman–Crippen LogP) is 9.34. The lowest BCUT2D eigenvalue weighted by Gasteiger charge is -2.25. The summed E-state index contributed by atoms with van der Waals surface area (Å²) in [5, 5.41) is 3.39. The molecule has 2 aromatic carbocycles. The molecule has 42 heavy (non-hydrogen) atoms. The molecule has 2 rings (SSSR count). The van der Waals surface area contributed by atoms with Crippen LogP contribution in [0.3, 0.4) is 0 Å². The number of alkyl halides is 8. The molecule has 0 heterocycles. The van der Waals surface area contributed by atoms with Crippen molar-refractivity contribution in [3.05, 3.63) is 73.7 Å².